The van der Waals surface area contributed by atoms with E-state index < -0.39 is 0 Å². The van der Waals surface area contributed by atoms with Crippen LogP contribution in [0, 0.1) is 5.92 Å². The van der Waals surface area contributed by atoms with Crippen LogP contribution in [-0.4, -0.2) is 12.8 Å². The lowest BCUT2D eigenvalue weighted by atomic mass is 10.1. The van der Waals surface area contributed by atoms with Crippen molar-refractivity contribution >= 4 is 15.9 Å². The third-order valence-electron chi connectivity index (χ3n) is 3.49. The van der Waals surface area contributed by atoms with Crippen LogP contribution in [0.5, 0.6) is 11.5 Å². The molecular weight excluding hydrogens is 282 g/mol. The zero-order chi connectivity index (χ0) is 11.8. The first-order chi connectivity index (χ1) is 8.24. The number of hydrogen-bond acceptors (Lipinski definition) is 3. The molecule has 1 saturated carbocycles. The summed E-state index contributed by atoms with van der Waals surface area (Å²) >= 11 is 3.58. The minimum atomic E-state index is 0.330. The minimum Gasteiger partial charge on any atom is -0.454 e. The largest absolute Gasteiger partial charge is 0.454 e. The van der Waals surface area contributed by atoms with E-state index in [0.717, 1.165) is 28.4 Å². The van der Waals surface area contributed by atoms with Gasteiger partial charge in [0.2, 0.25) is 6.79 Å². The summed E-state index contributed by atoms with van der Waals surface area (Å²) in [6.07, 6.45) is 2.74. The van der Waals surface area contributed by atoms with E-state index in [2.05, 4.69) is 34.2 Å². The maximum Gasteiger partial charge on any atom is 0.231 e. The van der Waals surface area contributed by atoms with Gasteiger partial charge >= 0.3 is 0 Å². The van der Waals surface area contributed by atoms with Gasteiger partial charge in [0.05, 0.1) is 0 Å². The first-order valence-corrected chi connectivity index (χ1v) is 6.85. The van der Waals surface area contributed by atoms with Crippen LogP contribution < -0.4 is 14.8 Å². The maximum atomic E-state index is 5.39. The lowest BCUT2D eigenvalue weighted by Gasteiger charge is -2.14. The van der Waals surface area contributed by atoms with E-state index in [4.69, 9.17) is 9.47 Å². The molecule has 1 heterocycles. The molecule has 1 aromatic rings. The topological polar surface area (TPSA) is 30.5 Å². The molecular formula is C13H16BrNO2. The molecule has 1 aliphatic heterocycles. The highest BCUT2D eigenvalue weighted by atomic mass is 79.9. The highest BCUT2D eigenvalue weighted by Gasteiger charge is 2.27. The standard InChI is InChI=1S/C13H16BrNO2/c1-8(9-2-3-9)15-6-10-4-12-13(5-11(10)14)17-7-16-12/h4-5,8-9,15H,2-3,6-7H2,1H3. The molecule has 1 unspecified atom stereocenters. The second-order valence-electron chi connectivity index (χ2n) is 4.80. The van der Waals surface area contributed by atoms with Crippen molar-refractivity contribution in [1.82, 2.24) is 5.32 Å². The Bertz CT molecular complexity index is 432. The second kappa shape index (κ2) is 4.50. The molecule has 0 aromatic heterocycles. The van der Waals surface area contributed by atoms with Crippen LogP contribution in [0.3, 0.4) is 0 Å². The molecule has 3 rings (SSSR count). The smallest absolute Gasteiger partial charge is 0.231 e. The molecule has 17 heavy (non-hydrogen) atoms. The normalized spacial score (nSPS) is 19.4. The Morgan fingerprint density at radius 3 is 2.76 bits per heavy atom. The second-order valence-corrected chi connectivity index (χ2v) is 5.66. The van der Waals surface area contributed by atoms with Crippen molar-refractivity contribution in [3.8, 4) is 11.5 Å². The molecule has 3 nitrogen and oxygen atoms in total. The summed E-state index contributed by atoms with van der Waals surface area (Å²) in [5.74, 6) is 2.56. The molecule has 0 saturated heterocycles. The summed E-state index contributed by atoms with van der Waals surface area (Å²) in [5, 5.41) is 3.57. The number of halogens is 1. The summed E-state index contributed by atoms with van der Waals surface area (Å²) in [7, 11) is 0. The summed E-state index contributed by atoms with van der Waals surface area (Å²) in [5.41, 5.74) is 1.22. The summed E-state index contributed by atoms with van der Waals surface area (Å²) in [6, 6.07) is 4.65. The quantitative estimate of drug-likeness (QED) is 0.926. The molecule has 1 atom stereocenters. The Morgan fingerprint density at radius 1 is 1.35 bits per heavy atom. The van der Waals surface area contributed by atoms with Gasteiger partial charge in [0.1, 0.15) is 0 Å². The molecule has 0 spiro atoms. The van der Waals surface area contributed by atoms with Crippen molar-refractivity contribution in [3.05, 3.63) is 22.2 Å². The Hall–Kier alpha value is -0.740. The van der Waals surface area contributed by atoms with Crippen molar-refractivity contribution in [2.75, 3.05) is 6.79 Å². The van der Waals surface area contributed by atoms with Crippen molar-refractivity contribution in [2.24, 2.45) is 5.92 Å². The van der Waals surface area contributed by atoms with Gasteiger partial charge in [-0.15, -0.1) is 0 Å². The van der Waals surface area contributed by atoms with Crippen LogP contribution in [0.15, 0.2) is 16.6 Å². The average molecular weight is 298 g/mol. The van der Waals surface area contributed by atoms with Gasteiger partial charge in [-0.05, 0) is 43.4 Å². The van der Waals surface area contributed by atoms with E-state index in [-0.39, 0.29) is 0 Å². The van der Waals surface area contributed by atoms with Crippen molar-refractivity contribution < 1.29 is 9.47 Å². The average Bonchev–Trinajstić information content (AvgIpc) is 3.07. The number of benzene rings is 1. The summed E-state index contributed by atoms with van der Waals surface area (Å²) in [6.45, 7) is 3.46. The molecule has 0 radical (unpaired) electrons. The lowest BCUT2D eigenvalue weighted by molar-refractivity contribution is 0.174. The van der Waals surface area contributed by atoms with E-state index in [1.165, 1.54) is 18.4 Å². The van der Waals surface area contributed by atoms with Crippen LogP contribution in [0.25, 0.3) is 0 Å². The first-order valence-electron chi connectivity index (χ1n) is 6.05. The fourth-order valence-corrected chi connectivity index (χ4v) is 2.59. The molecule has 0 bridgehead atoms. The fraction of sp³-hybridized carbons (Fsp3) is 0.538. The molecule has 92 valence electrons. The van der Waals surface area contributed by atoms with Crippen LogP contribution in [0.4, 0.5) is 0 Å². The van der Waals surface area contributed by atoms with Crippen molar-refractivity contribution in [3.63, 3.8) is 0 Å². The highest BCUT2D eigenvalue weighted by Crippen LogP contribution is 2.37. The van der Waals surface area contributed by atoms with Gasteiger partial charge in [-0.3, -0.25) is 0 Å². The first kappa shape index (κ1) is 11.4. The number of nitrogens with one attached hydrogen (secondary N) is 1. The van der Waals surface area contributed by atoms with E-state index >= 15 is 0 Å². The van der Waals surface area contributed by atoms with Gasteiger partial charge < -0.3 is 14.8 Å². The Morgan fingerprint density at radius 2 is 2.06 bits per heavy atom. The monoisotopic (exact) mass is 297 g/mol. The Balaban J connectivity index is 1.69. The van der Waals surface area contributed by atoms with Crippen molar-refractivity contribution in [1.29, 1.82) is 0 Å². The van der Waals surface area contributed by atoms with Gasteiger partial charge in [-0.2, -0.15) is 0 Å². The van der Waals surface area contributed by atoms with Gasteiger partial charge in [0.15, 0.2) is 11.5 Å². The van der Waals surface area contributed by atoms with E-state index in [1.807, 2.05) is 6.07 Å². The maximum absolute atomic E-state index is 5.39. The van der Waals surface area contributed by atoms with Gasteiger partial charge in [0, 0.05) is 17.1 Å². The Labute approximate surface area is 110 Å². The van der Waals surface area contributed by atoms with Gasteiger partial charge in [0.25, 0.3) is 0 Å². The third kappa shape index (κ3) is 2.43. The molecule has 1 aliphatic carbocycles. The van der Waals surface area contributed by atoms with E-state index in [1.54, 1.807) is 0 Å². The Kier molecular flexibility index (Phi) is 3.01. The van der Waals surface area contributed by atoms with E-state index in [9.17, 15) is 0 Å². The molecule has 2 aliphatic rings. The van der Waals surface area contributed by atoms with E-state index in [0.29, 0.717) is 12.8 Å². The minimum absolute atomic E-state index is 0.330. The molecule has 1 aromatic carbocycles. The molecule has 0 amide bonds. The zero-order valence-corrected chi connectivity index (χ0v) is 11.4. The number of ether oxygens (including phenoxy) is 2. The lowest BCUT2D eigenvalue weighted by Crippen LogP contribution is -2.27. The van der Waals surface area contributed by atoms with Gasteiger partial charge in [-0.25, -0.2) is 0 Å². The molecule has 4 heteroatoms. The predicted molar refractivity (Wildman–Crippen MR) is 69.3 cm³/mol. The SMILES string of the molecule is CC(NCc1cc2c(cc1Br)OCO2)C1CC1. The highest BCUT2D eigenvalue weighted by molar-refractivity contribution is 9.10. The molecule has 1 N–H and O–H groups in total. The van der Waals surface area contributed by atoms with Crippen molar-refractivity contribution in [2.45, 2.75) is 32.4 Å². The van der Waals surface area contributed by atoms with Crippen LogP contribution in [-0.2, 0) is 6.54 Å². The summed E-state index contributed by atoms with van der Waals surface area (Å²) < 4.78 is 11.8. The van der Waals surface area contributed by atoms with Crippen LogP contribution in [0.2, 0.25) is 0 Å². The predicted octanol–water partition coefficient (Wildman–Crippen LogP) is 3.07. The van der Waals surface area contributed by atoms with Gasteiger partial charge in [-0.1, -0.05) is 15.9 Å². The van der Waals surface area contributed by atoms with Crippen LogP contribution in [0.1, 0.15) is 25.3 Å². The zero-order valence-electron chi connectivity index (χ0n) is 9.83. The van der Waals surface area contributed by atoms with Crippen LogP contribution >= 0.6 is 15.9 Å². The number of rotatable bonds is 4. The summed E-state index contributed by atoms with van der Waals surface area (Å²) in [4.78, 5) is 0. The molecule has 1 fully saturated rings. The third-order valence-corrected chi connectivity index (χ3v) is 4.22. The number of hydrogen-bond donors (Lipinski definition) is 1. The number of fused-ring (bicyclic) bond motifs is 1. The fourth-order valence-electron chi connectivity index (χ4n) is 2.13.